The molecule has 104 valence electrons. The Morgan fingerprint density at radius 2 is 2.45 bits per heavy atom. The molecule has 2 aromatic rings. The van der Waals surface area contributed by atoms with E-state index in [2.05, 4.69) is 15.3 Å². The number of fused-ring (bicyclic) bond motifs is 1. The predicted octanol–water partition coefficient (Wildman–Crippen LogP) is 3.83. The number of rotatable bonds is 4. The van der Waals surface area contributed by atoms with Crippen LogP contribution < -0.4 is 5.32 Å². The lowest BCUT2D eigenvalue weighted by Gasteiger charge is -1.98. The third-order valence-electron chi connectivity index (χ3n) is 2.26. The van der Waals surface area contributed by atoms with E-state index < -0.39 is 0 Å². The summed E-state index contributed by atoms with van der Waals surface area (Å²) in [4.78, 5) is 8.82. The molecule has 1 N–H and O–H groups in total. The molecular formula is C12H11ClN4S3. The minimum Gasteiger partial charge on any atom is -0.272 e. The Morgan fingerprint density at radius 1 is 1.60 bits per heavy atom. The van der Waals surface area contributed by atoms with Crippen LogP contribution in [-0.2, 0) is 0 Å². The minimum absolute atomic E-state index is 0.643. The van der Waals surface area contributed by atoms with Crippen molar-refractivity contribution in [3.63, 3.8) is 0 Å². The van der Waals surface area contributed by atoms with Gasteiger partial charge in [-0.25, -0.2) is 4.98 Å². The van der Waals surface area contributed by atoms with Gasteiger partial charge < -0.3 is 0 Å². The maximum absolute atomic E-state index is 8.53. The molecule has 20 heavy (non-hydrogen) atoms. The Hall–Kier alpha value is -0.940. The van der Waals surface area contributed by atoms with Crippen molar-refractivity contribution >= 4 is 61.8 Å². The molecule has 8 heteroatoms. The largest absolute Gasteiger partial charge is 0.272 e. The van der Waals surface area contributed by atoms with Crippen LogP contribution in [-0.4, -0.2) is 28.7 Å². The van der Waals surface area contributed by atoms with Crippen molar-refractivity contribution in [2.75, 3.05) is 18.6 Å². The van der Waals surface area contributed by atoms with Crippen molar-refractivity contribution < 1.29 is 0 Å². The predicted molar refractivity (Wildman–Crippen MR) is 89.9 cm³/mol. The van der Waals surface area contributed by atoms with E-state index in [4.69, 9.17) is 16.9 Å². The lowest BCUT2D eigenvalue weighted by molar-refractivity contribution is 1.12. The number of hydrogen-bond donors (Lipinski definition) is 1. The second-order valence-corrected chi connectivity index (χ2v) is 7.17. The molecule has 1 heterocycles. The third kappa shape index (κ3) is 4.28. The van der Waals surface area contributed by atoms with Crippen LogP contribution in [0.15, 0.2) is 27.5 Å². The van der Waals surface area contributed by atoms with Gasteiger partial charge in [0.15, 0.2) is 15.7 Å². The average Bonchev–Trinajstić information content (AvgIpc) is 2.84. The number of aliphatic imine (C=N–C) groups is 1. The fraction of sp³-hybridized carbons (Fsp3) is 0.250. The summed E-state index contributed by atoms with van der Waals surface area (Å²) in [5, 5.41) is 12.4. The minimum atomic E-state index is 0.643. The second-order valence-electron chi connectivity index (χ2n) is 3.57. The average molecular weight is 343 g/mol. The summed E-state index contributed by atoms with van der Waals surface area (Å²) in [5.41, 5.74) is 0.935. The van der Waals surface area contributed by atoms with Gasteiger partial charge in [-0.3, -0.25) is 10.3 Å². The number of nitrogens with one attached hydrogen (secondary N) is 1. The number of amidine groups is 1. The van der Waals surface area contributed by atoms with Crippen LogP contribution in [0.25, 0.3) is 10.2 Å². The zero-order valence-electron chi connectivity index (χ0n) is 10.6. The van der Waals surface area contributed by atoms with Crippen LogP contribution in [0.4, 0.5) is 0 Å². The number of thiazole rings is 1. The maximum Gasteiger partial charge on any atom is 0.183 e. The van der Waals surface area contributed by atoms with Crippen molar-refractivity contribution in [1.82, 2.24) is 10.3 Å². The number of thioether (sulfide) groups is 2. The fourth-order valence-electron chi connectivity index (χ4n) is 1.42. The first-order chi connectivity index (χ1) is 9.72. The lowest BCUT2D eigenvalue weighted by Crippen LogP contribution is -2.13. The molecule has 0 saturated heterocycles. The van der Waals surface area contributed by atoms with E-state index in [0.717, 1.165) is 20.3 Å². The van der Waals surface area contributed by atoms with Gasteiger partial charge in [-0.05, 0) is 24.5 Å². The molecule has 0 atom stereocenters. The number of nitrogens with zero attached hydrogens (tertiary/aromatic N) is 3. The van der Waals surface area contributed by atoms with Crippen LogP contribution in [0.3, 0.4) is 0 Å². The van der Waals surface area contributed by atoms with Gasteiger partial charge in [-0.15, -0.1) is 11.3 Å². The van der Waals surface area contributed by atoms with Crippen molar-refractivity contribution in [2.45, 2.75) is 4.34 Å². The highest BCUT2D eigenvalue weighted by atomic mass is 35.5. The Kier molecular flexibility index (Phi) is 5.98. The van der Waals surface area contributed by atoms with E-state index in [1.807, 2.05) is 30.6 Å². The molecule has 0 unspecified atom stereocenters. The SMILES string of the molecule is CSC(=NCCSc1nc2cc(Cl)ccc2s1)NC#N. The number of halogens is 1. The smallest absolute Gasteiger partial charge is 0.183 e. The summed E-state index contributed by atoms with van der Waals surface area (Å²) < 4.78 is 2.15. The molecule has 0 aliphatic rings. The molecule has 0 amide bonds. The molecule has 0 aliphatic carbocycles. The van der Waals surface area contributed by atoms with Crippen LogP contribution in [0, 0.1) is 11.5 Å². The normalized spacial score (nSPS) is 11.6. The Balaban J connectivity index is 1.91. The molecular weight excluding hydrogens is 332 g/mol. The van der Waals surface area contributed by atoms with Crippen LogP contribution >= 0.6 is 46.5 Å². The van der Waals surface area contributed by atoms with E-state index >= 15 is 0 Å². The Morgan fingerprint density at radius 3 is 3.20 bits per heavy atom. The van der Waals surface area contributed by atoms with Gasteiger partial charge in [-0.2, -0.15) is 5.26 Å². The molecule has 0 fully saturated rings. The first-order valence-corrected chi connectivity index (χ1v) is 9.06. The highest BCUT2D eigenvalue weighted by Crippen LogP contribution is 2.30. The van der Waals surface area contributed by atoms with Gasteiger partial charge in [0.1, 0.15) is 0 Å². The Labute approximate surface area is 134 Å². The summed E-state index contributed by atoms with van der Waals surface area (Å²) in [6.07, 6.45) is 3.75. The van der Waals surface area contributed by atoms with Crippen LogP contribution in [0.2, 0.25) is 5.02 Å². The van der Waals surface area contributed by atoms with Crippen LogP contribution in [0.1, 0.15) is 0 Å². The molecule has 1 aromatic heterocycles. The maximum atomic E-state index is 8.53. The molecule has 0 spiro atoms. The first kappa shape index (κ1) is 15.4. The molecule has 0 saturated carbocycles. The molecule has 1 aromatic carbocycles. The number of nitriles is 1. The summed E-state index contributed by atoms with van der Waals surface area (Å²) >= 11 is 10.7. The summed E-state index contributed by atoms with van der Waals surface area (Å²) in [6, 6.07) is 5.73. The monoisotopic (exact) mass is 342 g/mol. The van der Waals surface area contributed by atoms with Crippen molar-refractivity contribution in [2.24, 2.45) is 4.99 Å². The quantitative estimate of drug-likeness (QED) is 0.228. The van der Waals surface area contributed by atoms with Crippen molar-refractivity contribution in [3.8, 4) is 6.19 Å². The van der Waals surface area contributed by atoms with E-state index in [-0.39, 0.29) is 0 Å². The summed E-state index contributed by atoms with van der Waals surface area (Å²) in [5.74, 6) is 0.824. The van der Waals surface area contributed by atoms with E-state index in [9.17, 15) is 0 Å². The van der Waals surface area contributed by atoms with E-state index in [1.54, 1.807) is 23.1 Å². The number of aromatic nitrogens is 1. The van der Waals surface area contributed by atoms with Gasteiger partial charge in [-0.1, -0.05) is 35.1 Å². The van der Waals surface area contributed by atoms with E-state index in [0.29, 0.717) is 16.7 Å². The third-order valence-corrected chi connectivity index (χ3v) is 5.27. The van der Waals surface area contributed by atoms with Crippen LogP contribution in [0.5, 0.6) is 0 Å². The van der Waals surface area contributed by atoms with Gasteiger partial charge in [0, 0.05) is 10.8 Å². The summed E-state index contributed by atoms with van der Waals surface area (Å²) in [6.45, 7) is 0.645. The van der Waals surface area contributed by atoms with Gasteiger partial charge >= 0.3 is 0 Å². The number of benzene rings is 1. The fourth-order valence-corrected chi connectivity index (χ4v) is 3.91. The van der Waals surface area contributed by atoms with Gasteiger partial charge in [0.2, 0.25) is 0 Å². The highest BCUT2D eigenvalue weighted by molar-refractivity contribution is 8.13. The molecule has 4 nitrogen and oxygen atoms in total. The zero-order valence-corrected chi connectivity index (χ0v) is 13.8. The topological polar surface area (TPSA) is 61.1 Å². The summed E-state index contributed by atoms with van der Waals surface area (Å²) in [7, 11) is 0. The zero-order chi connectivity index (χ0) is 14.4. The molecule has 2 rings (SSSR count). The van der Waals surface area contributed by atoms with Gasteiger partial charge in [0.25, 0.3) is 0 Å². The molecule has 0 radical (unpaired) electrons. The second kappa shape index (κ2) is 7.74. The lowest BCUT2D eigenvalue weighted by atomic mass is 10.3. The van der Waals surface area contributed by atoms with Crippen molar-refractivity contribution in [1.29, 1.82) is 5.26 Å². The first-order valence-electron chi connectivity index (χ1n) is 5.65. The number of hydrogen-bond acceptors (Lipinski definition) is 6. The Bertz CT molecular complexity index is 662. The standard InChI is InChI=1S/C12H11ClN4S3/c1-18-11(16-7-14)15-4-5-19-12-17-9-6-8(13)2-3-10(9)20-12/h2-3,6H,4-5H2,1H3,(H,15,16). The molecule has 0 aliphatic heterocycles. The van der Waals surface area contributed by atoms with Gasteiger partial charge in [0.05, 0.1) is 16.8 Å². The highest BCUT2D eigenvalue weighted by Gasteiger charge is 2.04. The van der Waals surface area contributed by atoms with E-state index in [1.165, 1.54) is 11.8 Å². The van der Waals surface area contributed by atoms with Crippen molar-refractivity contribution in [3.05, 3.63) is 23.2 Å². The molecule has 0 bridgehead atoms.